The molecule has 134 valence electrons. The molecule has 8 nitrogen and oxygen atoms in total. The molecule has 0 aromatic carbocycles. The number of rotatable bonds is 2. The van der Waals surface area contributed by atoms with Crippen LogP contribution < -0.4 is 16.0 Å². The van der Waals surface area contributed by atoms with E-state index in [4.69, 9.17) is 10.5 Å². The van der Waals surface area contributed by atoms with E-state index in [9.17, 15) is 4.79 Å². The van der Waals surface area contributed by atoms with Crippen LogP contribution >= 0.6 is 0 Å². The van der Waals surface area contributed by atoms with Gasteiger partial charge >= 0.3 is 6.09 Å². The van der Waals surface area contributed by atoms with Crippen LogP contribution in [-0.2, 0) is 4.74 Å². The van der Waals surface area contributed by atoms with Gasteiger partial charge in [0.2, 0.25) is 0 Å². The van der Waals surface area contributed by atoms with Gasteiger partial charge in [-0.1, -0.05) is 0 Å². The van der Waals surface area contributed by atoms with Crippen molar-refractivity contribution in [1.29, 1.82) is 0 Å². The van der Waals surface area contributed by atoms with Gasteiger partial charge in [-0.15, -0.1) is 0 Å². The van der Waals surface area contributed by atoms with Crippen molar-refractivity contribution < 1.29 is 9.53 Å². The van der Waals surface area contributed by atoms with Gasteiger partial charge in [0.15, 0.2) is 5.82 Å². The van der Waals surface area contributed by atoms with Gasteiger partial charge in [-0.2, -0.15) is 0 Å². The Morgan fingerprint density at radius 2 is 2.16 bits per heavy atom. The Morgan fingerprint density at radius 3 is 2.92 bits per heavy atom. The lowest BCUT2D eigenvalue weighted by Crippen LogP contribution is -2.49. The first-order valence-electron chi connectivity index (χ1n) is 8.43. The summed E-state index contributed by atoms with van der Waals surface area (Å²) in [5.74, 6) is 1.18. The lowest BCUT2D eigenvalue weighted by molar-refractivity contribution is 0.0500. The molecule has 3 N–H and O–H groups in total. The number of hydrogen-bond donors (Lipinski definition) is 2. The predicted octanol–water partition coefficient (Wildman–Crippen LogP) is 2.10. The van der Waals surface area contributed by atoms with Gasteiger partial charge in [0.1, 0.15) is 23.3 Å². The average Bonchev–Trinajstić information content (AvgIpc) is 2.53. The molecule has 25 heavy (non-hydrogen) atoms. The normalized spacial score (nSPS) is 18.2. The molecule has 8 heteroatoms. The highest BCUT2D eigenvalue weighted by atomic mass is 16.6. The Balaban J connectivity index is 1.71. The fourth-order valence-corrected chi connectivity index (χ4v) is 2.90. The van der Waals surface area contributed by atoms with E-state index in [0.29, 0.717) is 17.9 Å². The molecule has 0 spiro atoms. The van der Waals surface area contributed by atoms with Crippen LogP contribution in [0.4, 0.5) is 16.4 Å². The molecule has 0 saturated carbocycles. The number of nitrogen functional groups attached to an aromatic ring is 1. The van der Waals surface area contributed by atoms with Crippen molar-refractivity contribution in [2.45, 2.75) is 45.3 Å². The summed E-state index contributed by atoms with van der Waals surface area (Å²) in [5.41, 5.74) is 6.72. The van der Waals surface area contributed by atoms with Crippen LogP contribution in [0.5, 0.6) is 0 Å². The van der Waals surface area contributed by atoms with Crippen LogP contribution in [0.25, 0.3) is 11.0 Å². The monoisotopic (exact) mass is 344 g/mol. The minimum Gasteiger partial charge on any atom is -0.444 e. The molecule has 1 aliphatic rings. The molecule has 1 atom stereocenters. The molecule has 1 unspecified atom stereocenters. The molecule has 1 aliphatic heterocycles. The van der Waals surface area contributed by atoms with Gasteiger partial charge in [-0.25, -0.2) is 19.7 Å². The lowest BCUT2D eigenvalue weighted by atomic mass is 10.1. The number of nitrogens with two attached hydrogens (primary N) is 1. The topological polar surface area (TPSA) is 106 Å². The molecule has 0 aliphatic carbocycles. The number of nitrogens with zero attached hydrogens (tertiary/aromatic N) is 4. The van der Waals surface area contributed by atoms with Crippen LogP contribution in [0.3, 0.4) is 0 Å². The minimum atomic E-state index is -0.504. The van der Waals surface area contributed by atoms with Crippen molar-refractivity contribution in [1.82, 2.24) is 20.3 Å². The molecular formula is C17H24N6O2. The number of aromatic nitrogens is 3. The number of amides is 1. The summed E-state index contributed by atoms with van der Waals surface area (Å²) < 4.78 is 5.34. The molecule has 1 fully saturated rings. The van der Waals surface area contributed by atoms with Crippen molar-refractivity contribution in [3.63, 3.8) is 0 Å². The summed E-state index contributed by atoms with van der Waals surface area (Å²) >= 11 is 0. The lowest BCUT2D eigenvalue weighted by Gasteiger charge is -2.34. The van der Waals surface area contributed by atoms with Crippen LogP contribution in [0.2, 0.25) is 0 Å². The predicted molar refractivity (Wildman–Crippen MR) is 96.4 cm³/mol. The summed E-state index contributed by atoms with van der Waals surface area (Å²) in [4.78, 5) is 26.9. The molecule has 1 saturated heterocycles. The Labute approximate surface area is 146 Å². The van der Waals surface area contributed by atoms with E-state index in [1.165, 1.54) is 6.33 Å². The third-order valence-electron chi connectivity index (χ3n) is 3.96. The zero-order valence-electron chi connectivity index (χ0n) is 14.8. The second-order valence-corrected chi connectivity index (χ2v) is 7.23. The summed E-state index contributed by atoms with van der Waals surface area (Å²) in [6, 6.07) is 3.83. The quantitative estimate of drug-likeness (QED) is 0.859. The maximum absolute atomic E-state index is 12.0. The fourth-order valence-electron chi connectivity index (χ4n) is 2.90. The maximum Gasteiger partial charge on any atom is 0.407 e. The highest BCUT2D eigenvalue weighted by Gasteiger charge is 2.25. The first kappa shape index (κ1) is 17.2. The first-order chi connectivity index (χ1) is 11.8. The van der Waals surface area contributed by atoms with Gasteiger partial charge in [0.05, 0.1) is 5.52 Å². The third-order valence-corrected chi connectivity index (χ3v) is 3.96. The van der Waals surface area contributed by atoms with Crippen LogP contribution in [0.1, 0.15) is 33.6 Å². The fraction of sp³-hybridized carbons (Fsp3) is 0.529. The van der Waals surface area contributed by atoms with Crippen LogP contribution in [0.15, 0.2) is 18.5 Å². The largest absolute Gasteiger partial charge is 0.444 e. The summed E-state index contributed by atoms with van der Waals surface area (Å²) in [6.45, 7) is 7.10. The van der Waals surface area contributed by atoms with Crippen molar-refractivity contribution in [3.05, 3.63) is 18.5 Å². The summed E-state index contributed by atoms with van der Waals surface area (Å²) in [6.07, 6.45) is 2.92. The number of piperidine rings is 1. The van der Waals surface area contributed by atoms with Crippen LogP contribution in [0, 0.1) is 0 Å². The standard InChI is InChI=1S/C17H24N6O2/c1-17(2,3)25-16(24)21-11-5-4-8-23(9-11)13-7-6-12-14(22-13)15(18)20-10-19-12/h6-7,10-11H,4-5,8-9H2,1-3H3,(H,21,24)(H2,18,19,20). The van der Waals surface area contributed by atoms with Gasteiger partial charge < -0.3 is 20.7 Å². The highest BCUT2D eigenvalue weighted by molar-refractivity contribution is 5.84. The maximum atomic E-state index is 12.0. The van der Waals surface area contributed by atoms with E-state index in [2.05, 4.69) is 25.2 Å². The number of carbonyl (C=O) groups is 1. The van der Waals surface area contributed by atoms with Crippen molar-refractivity contribution >= 4 is 28.8 Å². The molecule has 0 bridgehead atoms. The molecule has 2 aromatic heterocycles. The van der Waals surface area contributed by atoms with Gasteiger partial charge in [-0.3, -0.25) is 0 Å². The highest BCUT2D eigenvalue weighted by Crippen LogP contribution is 2.22. The second kappa shape index (κ2) is 6.70. The Bertz CT molecular complexity index is 773. The Morgan fingerprint density at radius 1 is 1.36 bits per heavy atom. The number of hydrogen-bond acceptors (Lipinski definition) is 7. The summed E-state index contributed by atoms with van der Waals surface area (Å²) in [7, 11) is 0. The smallest absolute Gasteiger partial charge is 0.407 e. The van der Waals surface area contributed by atoms with E-state index in [1.807, 2.05) is 32.9 Å². The van der Waals surface area contributed by atoms with E-state index in [-0.39, 0.29) is 12.1 Å². The first-order valence-corrected chi connectivity index (χ1v) is 8.43. The van der Waals surface area contributed by atoms with Gasteiger partial charge in [0, 0.05) is 19.1 Å². The minimum absolute atomic E-state index is 0.0190. The molecule has 3 rings (SSSR count). The number of anilines is 2. The third kappa shape index (κ3) is 4.26. The number of ether oxygens (including phenoxy) is 1. The summed E-state index contributed by atoms with van der Waals surface area (Å²) in [5, 5.41) is 2.94. The zero-order chi connectivity index (χ0) is 18.0. The van der Waals surface area contributed by atoms with E-state index in [1.54, 1.807) is 0 Å². The van der Waals surface area contributed by atoms with Gasteiger partial charge in [0.25, 0.3) is 0 Å². The number of pyridine rings is 1. The van der Waals surface area contributed by atoms with E-state index < -0.39 is 5.60 Å². The number of alkyl carbamates (subject to hydrolysis) is 1. The van der Waals surface area contributed by atoms with Crippen molar-refractivity contribution in [2.75, 3.05) is 23.7 Å². The molecular weight excluding hydrogens is 320 g/mol. The van der Waals surface area contributed by atoms with E-state index >= 15 is 0 Å². The number of carbonyl (C=O) groups excluding carboxylic acids is 1. The average molecular weight is 344 g/mol. The zero-order valence-corrected chi connectivity index (χ0v) is 14.8. The van der Waals surface area contributed by atoms with Crippen LogP contribution in [-0.4, -0.2) is 45.8 Å². The molecule has 1 amide bonds. The van der Waals surface area contributed by atoms with Gasteiger partial charge in [-0.05, 0) is 45.7 Å². The molecule has 3 heterocycles. The Kier molecular flexibility index (Phi) is 4.61. The van der Waals surface area contributed by atoms with Crippen molar-refractivity contribution in [3.8, 4) is 0 Å². The SMILES string of the molecule is CC(C)(C)OC(=O)NC1CCCN(c2ccc3ncnc(N)c3n2)C1. The van der Waals surface area contributed by atoms with Crippen molar-refractivity contribution in [2.24, 2.45) is 0 Å². The number of fused-ring (bicyclic) bond motifs is 1. The molecule has 0 radical (unpaired) electrons. The Hall–Kier alpha value is -2.64. The second-order valence-electron chi connectivity index (χ2n) is 7.23. The van der Waals surface area contributed by atoms with E-state index in [0.717, 1.165) is 30.7 Å². The number of nitrogens with one attached hydrogen (secondary N) is 1. The molecule has 2 aromatic rings.